The van der Waals surface area contributed by atoms with Crippen molar-refractivity contribution in [3.8, 4) is 10.8 Å². The number of rotatable bonds is 5. The van der Waals surface area contributed by atoms with Crippen molar-refractivity contribution in [3.63, 3.8) is 0 Å². The average Bonchev–Trinajstić information content (AvgIpc) is 3.23. The van der Waals surface area contributed by atoms with Crippen molar-refractivity contribution in [1.29, 1.82) is 0 Å². The van der Waals surface area contributed by atoms with Gasteiger partial charge in [0.2, 0.25) is 0 Å². The number of hydrogen-bond acceptors (Lipinski definition) is 6. The van der Waals surface area contributed by atoms with Gasteiger partial charge < -0.3 is 4.90 Å². The molecule has 1 aliphatic heterocycles. The Hall–Kier alpha value is -2.31. The maximum Gasteiger partial charge on any atom is 0.190 e. The molecule has 5 nitrogen and oxygen atoms in total. The van der Waals surface area contributed by atoms with E-state index in [4.69, 9.17) is 4.98 Å². The minimum absolute atomic E-state index is 0.464. The highest BCUT2D eigenvalue weighted by atomic mass is 32.1. The number of likely N-dealkylation sites (tertiary alicyclic amines) is 1. The van der Waals surface area contributed by atoms with E-state index in [9.17, 15) is 0 Å². The number of hydrogen-bond donors (Lipinski definition) is 0. The zero-order chi connectivity index (χ0) is 17.8. The second kappa shape index (κ2) is 7.93. The molecule has 2 aromatic heterocycles. The van der Waals surface area contributed by atoms with Gasteiger partial charge in [0.1, 0.15) is 5.82 Å². The fourth-order valence-corrected chi connectivity index (χ4v) is 4.08. The summed E-state index contributed by atoms with van der Waals surface area (Å²) in [6, 6.07) is 13.2. The monoisotopic (exact) mass is 365 g/mol. The topological polar surface area (TPSA) is 45.2 Å². The first-order valence-corrected chi connectivity index (χ1v) is 9.89. The summed E-state index contributed by atoms with van der Waals surface area (Å²) in [5.41, 5.74) is 1.38. The van der Waals surface area contributed by atoms with Gasteiger partial charge in [0.05, 0.1) is 0 Å². The van der Waals surface area contributed by atoms with E-state index >= 15 is 0 Å². The summed E-state index contributed by atoms with van der Waals surface area (Å²) in [4.78, 5) is 18.3. The smallest absolute Gasteiger partial charge is 0.190 e. The third-order valence-electron chi connectivity index (χ3n) is 4.90. The highest BCUT2D eigenvalue weighted by molar-refractivity contribution is 7.13. The molecule has 1 unspecified atom stereocenters. The first-order valence-electron chi connectivity index (χ1n) is 9.01. The molecule has 0 N–H and O–H groups in total. The van der Waals surface area contributed by atoms with Gasteiger partial charge in [-0.1, -0.05) is 30.3 Å². The van der Waals surface area contributed by atoms with Gasteiger partial charge in [-0.2, -0.15) is 0 Å². The fourth-order valence-electron chi connectivity index (χ4n) is 3.50. The zero-order valence-electron chi connectivity index (χ0n) is 15.0. The molecule has 1 atom stereocenters. The van der Waals surface area contributed by atoms with Crippen LogP contribution in [0.3, 0.4) is 0 Å². The molecule has 0 radical (unpaired) electrons. The third-order valence-corrected chi connectivity index (χ3v) is 5.67. The summed E-state index contributed by atoms with van der Waals surface area (Å²) in [6.07, 6.45) is 6.03. The predicted octanol–water partition coefficient (Wildman–Crippen LogP) is 3.70. The molecule has 3 heterocycles. The molecule has 0 bridgehead atoms. The molecule has 0 saturated carbocycles. The van der Waals surface area contributed by atoms with Crippen LogP contribution in [0.25, 0.3) is 10.8 Å². The maximum absolute atomic E-state index is 4.74. The van der Waals surface area contributed by atoms with E-state index in [2.05, 4.69) is 57.1 Å². The molecular formula is C20H23N5S. The van der Waals surface area contributed by atoms with E-state index in [1.807, 2.05) is 17.6 Å². The summed E-state index contributed by atoms with van der Waals surface area (Å²) >= 11 is 1.57. The standard InChI is InChI=1S/C20H23N5S/c1-24(18-9-10-21-19(23-18)20-22-11-13-26-20)17-8-5-12-25(15-17)14-16-6-3-2-4-7-16/h2-4,6-7,9-11,13,17H,5,8,12,14-15H2,1H3. The largest absolute Gasteiger partial charge is 0.355 e. The molecule has 0 amide bonds. The lowest BCUT2D eigenvalue weighted by Crippen LogP contribution is -2.46. The lowest BCUT2D eigenvalue weighted by molar-refractivity contribution is 0.198. The van der Waals surface area contributed by atoms with Gasteiger partial charge in [-0.05, 0) is 31.0 Å². The normalized spacial score (nSPS) is 18.0. The van der Waals surface area contributed by atoms with Gasteiger partial charge in [-0.15, -0.1) is 11.3 Å². The van der Waals surface area contributed by atoms with E-state index in [0.29, 0.717) is 11.9 Å². The quantitative estimate of drug-likeness (QED) is 0.690. The van der Waals surface area contributed by atoms with Crippen LogP contribution in [0.15, 0.2) is 54.2 Å². The highest BCUT2D eigenvalue weighted by Crippen LogP contribution is 2.24. The molecule has 4 rings (SSSR count). The Balaban J connectivity index is 1.46. The molecule has 6 heteroatoms. The number of nitrogens with zero attached hydrogens (tertiary/aromatic N) is 5. The Labute approximate surface area is 158 Å². The minimum atomic E-state index is 0.464. The summed E-state index contributed by atoms with van der Waals surface area (Å²) in [7, 11) is 2.14. The second-order valence-corrected chi connectivity index (χ2v) is 7.60. The first kappa shape index (κ1) is 17.1. The van der Waals surface area contributed by atoms with Crippen molar-refractivity contribution in [2.24, 2.45) is 0 Å². The lowest BCUT2D eigenvalue weighted by atomic mass is 10.0. The number of benzene rings is 1. The number of likely N-dealkylation sites (N-methyl/N-ethyl adjacent to an activating group) is 1. The van der Waals surface area contributed by atoms with Gasteiger partial charge in [-0.25, -0.2) is 15.0 Å². The van der Waals surface area contributed by atoms with Crippen LogP contribution in [-0.4, -0.2) is 46.0 Å². The molecule has 0 aliphatic carbocycles. The Morgan fingerprint density at radius 3 is 2.85 bits per heavy atom. The Kier molecular flexibility index (Phi) is 5.22. The van der Waals surface area contributed by atoms with Gasteiger partial charge >= 0.3 is 0 Å². The first-order chi connectivity index (χ1) is 12.8. The average molecular weight is 366 g/mol. The number of piperidine rings is 1. The minimum Gasteiger partial charge on any atom is -0.355 e. The molecule has 0 spiro atoms. The van der Waals surface area contributed by atoms with E-state index in [1.54, 1.807) is 17.5 Å². The van der Waals surface area contributed by atoms with Gasteiger partial charge in [0, 0.05) is 44.0 Å². The predicted molar refractivity (Wildman–Crippen MR) is 106 cm³/mol. The Bertz CT molecular complexity index is 821. The molecule has 1 aliphatic rings. The van der Waals surface area contributed by atoms with Crippen molar-refractivity contribution >= 4 is 17.2 Å². The van der Waals surface area contributed by atoms with Crippen LogP contribution in [0.2, 0.25) is 0 Å². The summed E-state index contributed by atoms with van der Waals surface area (Å²) in [6.45, 7) is 3.23. The summed E-state index contributed by atoms with van der Waals surface area (Å²) < 4.78 is 0. The molecular weight excluding hydrogens is 342 g/mol. The van der Waals surface area contributed by atoms with Crippen molar-refractivity contribution in [1.82, 2.24) is 19.9 Å². The van der Waals surface area contributed by atoms with Crippen molar-refractivity contribution < 1.29 is 0 Å². The van der Waals surface area contributed by atoms with E-state index < -0.39 is 0 Å². The number of thiazole rings is 1. The molecule has 1 aromatic carbocycles. The van der Waals surface area contributed by atoms with Gasteiger partial charge in [0.25, 0.3) is 0 Å². The van der Waals surface area contributed by atoms with Crippen LogP contribution in [0.5, 0.6) is 0 Å². The van der Waals surface area contributed by atoms with Gasteiger partial charge in [0.15, 0.2) is 10.8 Å². The zero-order valence-corrected chi connectivity index (χ0v) is 15.8. The molecule has 3 aromatic rings. The highest BCUT2D eigenvalue weighted by Gasteiger charge is 2.24. The van der Waals surface area contributed by atoms with Crippen molar-refractivity contribution in [2.75, 3.05) is 25.0 Å². The Morgan fingerprint density at radius 1 is 1.15 bits per heavy atom. The van der Waals surface area contributed by atoms with E-state index in [0.717, 1.165) is 30.5 Å². The number of aromatic nitrogens is 3. The molecule has 1 fully saturated rings. The van der Waals surface area contributed by atoms with Crippen LogP contribution >= 0.6 is 11.3 Å². The summed E-state index contributed by atoms with van der Waals surface area (Å²) in [5.74, 6) is 1.68. The summed E-state index contributed by atoms with van der Waals surface area (Å²) in [5, 5.41) is 2.83. The molecule has 134 valence electrons. The van der Waals surface area contributed by atoms with Gasteiger partial charge in [-0.3, -0.25) is 4.90 Å². The third kappa shape index (κ3) is 3.92. The van der Waals surface area contributed by atoms with Crippen LogP contribution in [0.4, 0.5) is 5.82 Å². The molecule has 1 saturated heterocycles. The van der Waals surface area contributed by atoms with Crippen LogP contribution in [0, 0.1) is 0 Å². The second-order valence-electron chi connectivity index (χ2n) is 6.70. The Morgan fingerprint density at radius 2 is 2.04 bits per heavy atom. The van der Waals surface area contributed by atoms with E-state index in [-0.39, 0.29) is 0 Å². The maximum atomic E-state index is 4.74. The van der Waals surface area contributed by atoms with Crippen LogP contribution in [-0.2, 0) is 6.54 Å². The lowest BCUT2D eigenvalue weighted by Gasteiger charge is -2.38. The molecule has 26 heavy (non-hydrogen) atoms. The van der Waals surface area contributed by atoms with Crippen molar-refractivity contribution in [3.05, 3.63) is 59.7 Å². The van der Waals surface area contributed by atoms with Crippen molar-refractivity contribution in [2.45, 2.75) is 25.4 Å². The SMILES string of the molecule is CN(c1ccnc(-c2nccs2)n1)C1CCCN(Cc2ccccc2)C1. The van der Waals surface area contributed by atoms with Crippen LogP contribution < -0.4 is 4.90 Å². The number of anilines is 1. The van der Waals surface area contributed by atoms with E-state index in [1.165, 1.54) is 18.4 Å². The van der Waals surface area contributed by atoms with Crippen LogP contribution in [0.1, 0.15) is 18.4 Å². The fraction of sp³-hybridized carbons (Fsp3) is 0.350.